The summed E-state index contributed by atoms with van der Waals surface area (Å²) in [7, 11) is 0. The Kier molecular flexibility index (Phi) is 8.46. The number of ketones is 4. The van der Waals surface area contributed by atoms with Gasteiger partial charge in [0.25, 0.3) is 0 Å². The summed E-state index contributed by atoms with van der Waals surface area (Å²) in [6, 6.07) is 0. The average molecular weight is 693 g/mol. The number of Topliss-reactive ketones (excluding diaryl/α,β-unsaturated/α-hetero) is 4. The number of carboxylic acids is 2. The van der Waals surface area contributed by atoms with E-state index in [1.165, 1.54) is 32.3 Å². The lowest BCUT2D eigenvalue weighted by atomic mass is 9.43. The molecule has 8 rings (SSSR count). The lowest BCUT2D eigenvalue weighted by molar-refractivity contribution is -0.213. The number of hydrogen-bond acceptors (Lipinski definition) is 10. The number of epoxide rings is 2. The van der Waals surface area contributed by atoms with Gasteiger partial charge in [0, 0.05) is 52.5 Å². The highest BCUT2D eigenvalue weighted by Crippen LogP contribution is 2.70. The third-order valence-corrected chi connectivity index (χ3v) is 12.2. The van der Waals surface area contributed by atoms with Gasteiger partial charge in [0.1, 0.15) is 17.6 Å². The Morgan fingerprint density at radius 2 is 1.32 bits per heavy atom. The van der Waals surface area contributed by atoms with E-state index in [0.717, 1.165) is 38.5 Å². The van der Waals surface area contributed by atoms with Crippen LogP contribution in [0.4, 0.5) is 0 Å². The first-order valence-electron chi connectivity index (χ1n) is 17.9. The first-order valence-corrected chi connectivity index (χ1v) is 17.9. The second kappa shape index (κ2) is 12.2. The van der Waals surface area contributed by atoms with E-state index in [4.69, 9.17) is 18.9 Å². The minimum atomic E-state index is -1.71. The predicted molar refractivity (Wildman–Crippen MR) is 174 cm³/mol. The van der Waals surface area contributed by atoms with Gasteiger partial charge in [0.2, 0.25) is 0 Å². The second-order valence-corrected chi connectivity index (χ2v) is 15.0. The Hall–Kier alpha value is -3.74. The first kappa shape index (κ1) is 34.7. The molecule has 3 aliphatic carbocycles. The molecule has 1 saturated carbocycles. The van der Waals surface area contributed by atoms with Crippen molar-refractivity contribution < 1.29 is 57.9 Å². The molecule has 4 fully saturated rings. The molecule has 0 aromatic heterocycles. The fourth-order valence-corrected chi connectivity index (χ4v) is 9.47. The van der Waals surface area contributed by atoms with Crippen molar-refractivity contribution in [2.75, 3.05) is 0 Å². The molecule has 12 nitrogen and oxygen atoms in total. The number of fused-ring (bicyclic) bond motifs is 3. The molecule has 2 N–H and O–H groups in total. The number of carboxylic acid groups (broad SMARTS) is 2. The third-order valence-electron chi connectivity index (χ3n) is 12.2. The summed E-state index contributed by atoms with van der Waals surface area (Å²) < 4.78 is 25.1. The van der Waals surface area contributed by atoms with Gasteiger partial charge < -0.3 is 29.2 Å². The standard InChI is InChI=1S/C38H44O12/c1-5-7-9-11-21-23-24-25(28(40)32-36(49-32,29(24)41)15-13-18(3)33(42)43)30(48-21)38-20(17-47-22(26(23)38)12-10-8-6-2)27(39)31-37(50-31,35(38)46)16-14-19(4)34(44)45/h13-14,17,21-23,26,30-32H,5-12,15-16H2,1-4H3,(H,42,43)(H,44,45)/b18-13+,19-14+/t21?,22?,23?,26?,30?,31?,32?,36?,37-,38?/m0/s1. The molecular weight excluding hydrogens is 648 g/mol. The van der Waals surface area contributed by atoms with E-state index in [1.807, 2.05) is 0 Å². The number of rotatable bonds is 14. The lowest BCUT2D eigenvalue weighted by Gasteiger charge is -2.63. The van der Waals surface area contributed by atoms with Crippen molar-refractivity contribution in [2.24, 2.45) is 17.3 Å². The maximum Gasteiger partial charge on any atom is 0.330 e. The Morgan fingerprint density at radius 3 is 1.92 bits per heavy atom. The van der Waals surface area contributed by atoms with E-state index < -0.39 is 94.0 Å². The molecule has 50 heavy (non-hydrogen) atoms. The van der Waals surface area contributed by atoms with E-state index in [9.17, 15) is 34.2 Å². The van der Waals surface area contributed by atoms with E-state index in [2.05, 4.69) is 13.8 Å². The van der Waals surface area contributed by atoms with Crippen LogP contribution in [0.1, 0.15) is 91.9 Å². The van der Waals surface area contributed by atoms with E-state index >= 15 is 4.79 Å². The molecule has 3 saturated heterocycles. The molecule has 2 bridgehead atoms. The Morgan fingerprint density at radius 1 is 0.760 bits per heavy atom. The van der Waals surface area contributed by atoms with Crippen molar-refractivity contribution in [1.29, 1.82) is 0 Å². The predicted octanol–water partition coefficient (Wildman–Crippen LogP) is 4.15. The number of ether oxygens (including phenoxy) is 4. The van der Waals surface area contributed by atoms with Gasteiger partial charge in [-0.3, -0.25) is 19.2 Å². The zero-order chi connectivity index (χ0) is 35.9. The second-order valence-electron chi connectivity index (χ2n) is 15.0. The molecule has 8 aliphatic rings. The van der Waals surface area contributed by atoms with Crippen LogP contribution in [0.25, 0.3) is 0 Å². The van der Waals surface area contributed by atoms with Gasteiger partial charge in [0.05, 0.1) is 12.4 Å². The van der Waals surface area contributed by atoms with Crippen molar-refractivity contribution in [1.82, 2.24) is 0 Å². The monoisotopic (exact) mass is 692 g/mol. The molecule has 5 heterocycles. The zero-order valence-electron chi connectivity index (χ0n) is 28.8. The number of aliphatic carboxylic acids is 2. The van der Waals surface area contributed by atoms with E-state index in [1.54, 1.807) is 0 Å². The Balaban J connectivity index is 1.41. The summed E-state index contributed by atoms with van der Waals surface area (Å²) in [5.74, 6) is -5.70. The molecule has 0 aromatic rings. The van der Waals surface area contributed by atoms with Crippen molar-refractivity contribution in [3.8, 4) is 0 Å². The summed E-state index contributed by atoms with van der Waals surface area (Å²) in [6.45, 7) is 6.96. The van der Waals surface area contributed by atoms with Crippen LogP contribution in [0.15, 0.2) is 46.3 Å². The molecule has 1 spiro atoms. The lowest BCUT2D eigenvalue weighted by Crippen LogP contribution is -2.74. The third kappa shape index (κ3) is 4.66. The molecule has 0 amide bonds. The van der Waals surface area contributed by atoms with E-state index in [0.29, 0.717) is 12.8 Å². The SMILES string of the molecule is CCCCCC1OC2C3=C(C(=O)C4(C/C=C(\C)C(=O)O)OC4C3=O)C1C1C(CCCCC)OC=C3C(=O)C4O[C@]4(C/C=C(\C)C(=O)O)C(=O)C321. The van der Waals surface area contributed by atoms with Crippen LogP contribution in [0.5, 0.6) is 0 Å². The van der Waals surface area contributed by atoms with Crippen LogP contribution in [0, 0.1) is 17.3 Å². The normalized spacial score (nSPS) is 39.5. The van der Waals surface area contributed by atoms with Crippen molar-refractivity contribution in [3.05, 3.63) is 46.3 Å². The molecule has 12 heteroatoms. The van der Waals surface area contributed by atoms with Gasteiger partial charge in [-0.1, -0.05) is 58.1 Å². The van der Waals surface area contributed by atoms with Crippen LogP contribution in [-0.2, 0) is 47.7 Å². The summed E-state index contributed by atoms with van der Waals surface area (Å²) in [5.41, 5.74) is -4.51. The molecule has 0 radical (unpaired) electrons. The molecule has 268 valence electrons. The molecular formula is C38H44O12. The van der Waals surface area contributed by atoms with Crippen molar-refractivity contribution in [3.63, 3.8) is 0 Å². The van der Waals surface area contributed by atoms with Crippen molar-refractivity contribution >= 4 is 35.1 Å². The Labute approximate surface area is 289 Å². The minimum absolute atomic E-state index is 0.00135. The smallest absolute Gasteiger partial charge is 0.330 e. The molecule has 5 aliphatic heterocycles. The Bertz CT molecular complexity index is 1710. The molecule has 10 atom stereocenters. The van der Waals surface area contributed by atoms with Gasteiger partial charge in [-0.15, -0.1) is 0 Å². The first-order chi connectivity index (χ1) is 23.8. The average Bonchev–Trinajstić information content (AvgIpc) is 4.02. The highest BCUT2D eigenvalue weighted by Gasteiger charge is 2.85. The zero-order valence-corrected chi connectivity index (χ0v) is 28.8. The largest absolute Gasteiger partial charge is 0.497 e. The maximum atomic E-state index is 15.4. The summed E-state index contributed by atoms with van der Waals surface area (Å²) in [5, 5.41) is 19.0. The van der Waals surface area contributed by atoms with Crippen LogP contribution >= 0.6 is 0 Å². The van der Waals surface area contributed by atoms with Gasteiger partial charge >= 0.3 is 11.9 Å². The van der Waals surface area contributed by atoms with Crippen molar-refractivity contribution in [2.45, 2.75) is 134 Å². The van der Waals surface area contributed by atoms with Gasteiger partial charge in [0.15, 0.2) is 46.5 Å². The van der Waals surface area contributed by atoms with Crippen LogP contribution in [-0.4, -0.2) is 87.0 Å². The molecule has 0 aromatic carbocycles. The summed E-state index contributed by atoms with van der Waals surface area (Å²) >= 11 is 0. The van der Waals surface area contributed by atoms with Crippen LogP contribution < -0.4 is 0 Å². The van der Waals surface area contributed by atoms with Gasteiger partial charge in [-0.25, -0.2) is 9.59 Å². The van der Waals surface area contributed by atoms with Gasteiger partial charge in [-0.05, 0) is 33.1 Å². The quantitative estimate of drug-likeness (QED) is 0.151. The molecule has 9 unspecified atom stereocenters. The van der Waals surface area contributed by atoms with Gasteiger partial charge in [-0.2, -0.15) is 0 Å². The topological polar surface area (TPSA) is 186 Å². The van der Waals surface area contributed by atoms with E-state index in [-0.39, 0.29) is 40.7 Å². The van der Waals surface area contributed by atoms with Crippen LogP contribution in [0.3, 0.4) is 0 Å². The van der Waals surface area contributed by atoms with Crippen LogP contribution in [0.2, 0.25) is 0 Å². The summed E-state index contributed by atoms with van der Waals surface area (Å²) in [4.78, 5) is 82.2. The highest BCUT2D eigenvalue weighted by atomic mass is 16.6. The number of carbonyl (C=O) groups excluding carboxylic acids is 4. The highest BCUT2D eigenvalue weighted by molar-refractivity contribution is 6.25. The number of hydrogen-bond donors (Lipinski definition) is 2. The fraction of sp³-hybridized carbons (Fsp3) is 0.632. The maximum absolute atomic E-state index is 15.4. The number of carbonyl (C=O) groups is 6. The number of unbranched alkanes of at least 4 members (excludes halogenated alkanes) is 4. The fourth-order valence-electron chi connectivity index (χ4n) is 9.47. The summed E-state index contributed by atoms with van der Waals surface area (Å²) in [6.07, 6.45) is 5.37. The minimum Gasteiger partial charge on any atom is -0.497 e.